The summed E-state index contributed by atoms with van der Waals surface area (Å²) in [5.41, 5.74) is 4.24. The molecular weight excluding hydrogens is 412 g/mol. The predicted octanol–water partition coefficient (Wildman–Crippen LogP) is 6.79. The number of carbonyl (C=O) groups is 1. The Morgan fingerprint density at radius 2 is 1.79 bits per heavy atom. The van der Waals surface area contributed by atoms with Gasteiger partial charge in [-0.25, -0.2) is 4.98 Å². The molecule has 5 rings (SSSR count). The summed E-state index contributed by atoms with van der Waals surface area (Å²) in [6.07, 6.45) is 0. The monoisotopic (exact) mass is 436 g/mol. The van der Waals surface area contributed by atoms with E-state index in [9.17, 15) is 4.79 Å². The SMILES string of the molecule is CC(C)c1ccc(OCC(=O)Nc2cccc(-c3nc4c(ccc5ccccc54)o3)c2)cc1. The van der Waals surface area contributed by atoms with Gasteiger partial charge in [0.05, 0.1) is 0 Å². The van der Waals surface area contributed by atoms with Gasteiger partial charge in [0.15, 0.2) is 12.2 Å². The molecule has 0 spiro atoms. The molecule has 1 heterocycles. The largest absolute Gasteiger partial charge is 0.484 e. The molecule has 33 heavy (non-hydrogen) atoms. The van der Waals surface area contributed by atoms with Crippen molar-refractivity contribution in [3.8, 4) is 17.2 Å². The number of hydrogen-bond acceptors (Lipinski definition) is 4. The van der Waals surface area contributed by atoms with Crippen LogP contribution in [0.3, 0.4) is 0 Å². The Morgan fingerprint density at radius 3 is 2.61 bits per heavy atom. The van der Waals surface area contributed by atoms with Gasteiger partial charge in [-0.2, -0.15) is 0 Å². The number of carbonyl (C=O) groups excluding carboxylic acids is 1. The van der Waals surface area contributed by atoms with Gasteiger partial charge in [-0.05, 0) is 53.3 Å². The zero-order chi connectivity index (χ0) is 22.8. The van der Waals surface area contributed by atoms with Crippen LogP contribution < -0.4 is 10.1 Å². The Kier molecular flexibility index (Phi) is 5.53. The maximum absolute atomic E-state index is 12.4. The lowest BCUT2D eigenvalue weighted by Crippen LogP contribution is -2.20. The van der Waals surface area contributed by atoms with Crippen LogP contribution in [0.5, 0.6) is 5.75 Å². The van der Waals surface area contributed by atoms with Crippen molar-refractivity contribution in [2.45, 2.75) is 19.8 Å². The summed E-state index contributed by atoms with van der Waals surface area (Å²) in [4.78, 5) is 17.1. The molecule has 0 aliphatic rings. The fraction of sp³-hybridized carbons (Fsp3) is 0.143. The van der Waals surface area contributed by atoms with Crippen molar-refractivity contribution in [3.05, 3.63) is 90.5 Å². The molecule has 5 aromatic rings. The van der Waals surface area contributed by atoms with Gasteiger partial charge in [0, 0.05) is 16.6 Å². The third kappa shape index (κ3) is 4.44. The number of oxazole rings is 1. The Labute approximate surface area is 192 Å². The van der Waals surface area contributed by atoms with Crippen LogP contribution in [0, 0.1) is 0 Å². The van der Waals surface area contributed by atoms with Gasteiger partial charge in [-0.1, -0.05) is 62.4 Å². The molecule has 5 nitrogen and oxygen atoms in total. The van der Waals surface area contributed by atoms with Crippen LogP contribution in [-0.4, -0.2) is 17.5 Å². The first-order valence-electron chi connectivity index (χ1n) is 11.0. The predicted molar refractivity (Wildman–Crippen MR) is 132 cm³/mol. The highest BCUT2D eigenvalue weighted by Crippen LogP contribution is 2.30. The quantitative estimate of drug-likeness (QED) is 0.318. The van der Waals surface area contributed by atoms with Gasteiger partial charge >= 0.3 is 0 Å². The zero-order valence-electron chi connectivity index (χ0n) is 18.5. The van der Waals surface area contributed by atoms with E-state index in [1.54, 1.807) is 0 Å². The van der Waals surface area contributed by atoms with Gasteiger partial charge < -0.3 is 14.5 Å². The highest BCUT2D eigenvalue weighted by molar-refractivity contribution is 6.04. The van der Waals surface area contributed by atoms with E-state index in [2.05, 4.69) is 25.2 Å². The maximum atomic E-state index is 12.4. The van der Waals surface area contributed by atoms with Crippen LogP contribution in [0.1, 0.15) is 25.3 Å². The topological polar surface area (TPSA) is 64.4 Å². The number of aromatic nitrogens is 1. The summed E-state index contributed by atoms with van der Waals surface area (Å²) in [6, 6.07) is 27.3. The van der Waals surface area contributed by atoms with Crippen molar-refractivity contribution in [2.24, 2.45) is 0 Å². The molecule has 0 fully saturated rings. The Balaban J connectivity index is 1.30. The van der Waals surface area contributed by atoms with Crippen molar-refractivity contribution >= 4 is 33.5 Å². The summed E-state index contributed by atoms with van der Waals surface area (Å²) in [5.74, 6) is 1.40. The van der Waals surface area contributed by atoms with E-state index in [-0.39, 0.29) is 12.5 Å². The highest BCUT2D eigenvalue weighted by atomic mass is 16.5. The first kappa shape index (κ1) is 20.8. The van der Waals surface area contributed by atoms with E-state index in [0.29, 0.717) is 23.2 Å². The number of rotatable bonds is 6. The Hall–Kier alpha value is -4.12. The van der Waals surface area contributed by atoms with Crippen molar-refractivity contribution in [2.75, 3.05) is 11.9 Å². The number of nitrogens with one attached hydrogen (secondary N) is 1. The molecule has 0 atom stereocenters. The molecule has 1 amide bonds. The second-order valence-electron chi connectivity index (χ2n) is 8.29. The van der Waals surface area contributed by atoms with Gasteiger partial charge in [-0.15, -0.1) is 0 Å². The molecule has 0 saturated carbocycles. The normalized spacial score (nSPS) is 11.2. The molecule has 0 aliphatic carbocycles. The van der Waals surface area contributed by atoms with Crippen molar-refractivity contribution < 1.29 is 13.9 Å². The molecule has 0 unspecified atom stereocenters. The second kappa shape index (κ2) is 8.79. The van der Waals surface area contributed by atoms with E-state index in [4.69, 9.17) is 14.1 Å². The number of nitrogens with zero attached hydrogens (tertiary/aromatic N) is 1. The van der Waals surface area contributed by atoms with Crippen LogP contribution >= 0.6 is 0 Å². The van der Waals surface area contributed by atoms with Gasteiger partial charge in [0.25, 0.3) is 5.91 Å². The minimum absolute atomic E-state index is 0.0693. The first-order chi connectivity index (χ1) is 16.1. The summed E-state index contributed by atoms with van der Waals surface area (Å²) >= 11 is 0. The smallest absolute Gasteiger partial charge is 0.262 e. The van der Waals surface area contributed by atoms with Crippen LogP contribution in [-0.2, 0) is 4.79 Å². The molecule has 0 aliphatic heterocycles. The third-order valence-electron chi connectivity index (χ3n) is 5.59. The van der Waals surface area contributed by atoms with E-state index >= 15 is 0 Å². The number of amides is 1. The Bertz CT molecular complexity index is 1440. The van der Waals surface area contributed by atoms with Crippen LogP contribution in [0.15, 0.2) is 89.3 Å². The van der Waals surface area contributed by atoms with E-state index < -0.39 is 0 Å². The summed E-state index contributed by atoms with van der Waals surface area (Å²) < 4.78 is 11.6. The Morgan fingerprint density at radius 1 is 0.970 bits per heavy atom. The van der Waals surface area contributed by atoms with Gasteiger partial charge in [0.2, 0.25) is 5.89 Å². The van der Waals surface area contributed by atoms with Gasteiger partial charge in [-0.3, -0.25) is 4.79 Å². The number of benzene rings is 4. The van der Waals surface area contributed by atoms with Crippen molar-refractivity contribution in [1.82, 2.24) is 4.98 Å². The lowest BCUT2D eigenvalue weighted by atomic mass is 10.0. The molecule has 0 saturated heterocycles. The summed E-state index contributed by atoms with van der Waals surface area (Å²) in [7, 11) is 0. The lowest BCUT2D eigenvalue weighted by molar-refractivity contribution is -0.118. The first-order valence-corrected chi connectivity index (χ1v) is 11.0. The number of fused-ring (bicyclic) bond motifs is 3. The van der Waals surface area contributed by atoms with Crippen LogP contribution in [0.4, 0.5) is 5.69 Å². The average Bonchev–Trinajstić information content (AvgIpc) is 3.28. The van der Waals surface area contributed by atoms with E-state index in [1.165, 1.54) is 5.56 Å². The number of anilines is 1. The van der Waals surface area contributed by atoms with Crippen LogP contribution in [0.25, 0.3) is 33.3 Å². The van der Waals surface area contributed by atoms with Crippen molar-refractivity contribution in [3.63, 3.8) is 0 Å². The summed E-state index contributed by atoms with van der Waals surface area (Å²) in [6.45, 7) is 4.21. The molecule has 4 aromatic carbocycles. The molecule has 164 valence electrons. The molecule has 5 heteroatoms. The van der Waals surface area contributed by atoms with Crippen molar-refractivity contribution in [1.29, 1.82) is 0 Å². The van der Waals surface area contributed by atoms with Gasteiger partial charge in [0.1, 0.15) is 11.3 Å². The maximum Gasteiger partial charge on any atom is 0.262 e. The molecular formula is C28H24N2O3. The van der Waals surface area contributed by atoms with E-state index in [1.807, 2.05) is 78.9 Å². The third-order valence-corrected chi connectivity index (χ3v) is 5.59. The number of ether oxygens (including phenoxy) is 1. The number of hydrogen-bond donors (Lipinski definition) is 1. The fourth-order valence-electron chi connectivity index (χ4n) is 3.81. The fourth-order valence-corrected chi connectivity index (χ4v) is 3.81. The zero-order valence-corrected chi connectivity index (χ0v) is 18.5. The molecule has 0 bridgehead atoms. The highest BCUT2D eigenvalue weighted by Gasteiger charge is 2.12. The van der Waals surface area contributed by atoms with E-state index in [0.717, 1.165) is 27.4 Å². The summed E-state index contributed by atoms with van der Waals surface area (Å²) in [5, 5.41) is 5.05. The minimum Gasteiger partial charge on any atom is -0.484 e. The molecule has 1 aromatic heterocycles. The molecule has 0 radical (unpaired) electrons. The average molecular weight is 437 g/mol. The second-order valence-corrected chi connectivity index (χ2v) is 8.29. The van der Waals surface area contributed by atoms with Crippen LogP contribution in [0.2, 0.25) is 0 Å². The standard InChI is InChI=1S/C28H24N2O3/c1-18(2)19-10-13-23(14-11-19)32-17-26(31)29-22-8-5-7-21(16-22)28-30-27-24-9-4-3-6-20(24)12-15-25(27)33-28/h3-16,18H,17H2,1-2H3,(H,29,31). The lowest BCUT2D eigenvalue weighted by Gasteiger charge is -2.10. The molecule has 1 N–H and O–H groups in total. The minimum atomic E-state index is -0.233.